The summed E-state index contributed by atoms with van der Waals surface area (Å²) < 4.78 is 5.61. The summed E-state index contributed by atoms with van der Waals surface area (Å²) in [5.74, 6) is 0.473. The Morgan fingerprint density at radius 1 is 1.21 bits per heavy atom. The number of anilines is 1. The number of nitrogens with zero attached hydrogens (tertiary/aromatic N) is 3. The zero-order valence-corrected chi connectivity index (χ0v) is 17.7. The molecule has 0 radical (unpaired) electrons. The van der Waals surface area contributed by atoms with Gasteiger partial charge in [-0.15, -0.1) is 11.3 Å². The van der Waals surface area contributed by atoms with E-state index in [4.69, 9.17) is 9.72 Å². The molecule has 4 rings (SSSR count). The highest BCUT2D eigenvalue weighted by Crippen LogP contribution is 2.36. The fourth-order valence-corrected chi connectivity index (χ4v) is 4.77. The number of fused-ring (bicyclic) bond motifs is 1. The first-order valence-electron chi connectivity index (χ1n) is 10.5. The summed E-state index contributed by atoms with van der Waals surface area (Å²) in [6.07, 6.45) is 6.43. The van der Waals surface area contributed by atoms with Crippen molar-refractivity contribution in [3.8, 4) is 17.0 Å². The summed E-state index contributed by atoms with van der Waals surface area (Å²) in [4.78, 5) is 33.7. The number of hydrogen-bond donors (Lipinski definition) is 0. The van der Waals surface area contributed by atoms with E-state index in [0.29, 0.717) is 11.4 Å². The van der Waals surface area contributed by atoms with E-state index in [-0.39, 0.29) is 25.0 Å². The maximum Gasteiger partial charge on any atom is 0.265 e. The second-order valence-corrected chi connectivity index (χ2v) is 8.57. The number of thiazole rings is 1. The van der Waals surface area contributed by atoms with Crippen LogP contribution in [0.2, 0.25) is 0 Å². The van der Waals surface area contributed by atoms with Gasteiger partial charge in [-0.05, 0) is 43.9 Å². The predicted molar refractivity (Wildman–Crippen MR) is 114 cm³/mol. The highest BCUT2D eigenvalue weighted by atomic mass is 32.1. The number of likely N-dealkylation sites (tertiary alicyclic amines) is 1. The lowest BCUT2D eigenvalue weighted by Gasteiger charge is -2.31. The van der Waals surface area contributed by atoms with Crippen LogP contribution in [-0.2, 0) is 16.0 Å². The Labute approximate surface area is 175 Å². The molecule has 0 N–H and O–H groups in total. The molecule has 0 unspecified atom stereocenters. The number of carbonyl (C=O) groups is 2. The Balaban J connectivity index is 1.58. The molecule has 2 amide bonds. The van der Waals surface area contributed by atoms with Gasteiger partial charge in [-0.2, -0.15) is 0 Å². The predicted octanol–water partition coefficient (Wildman–Crippen LogP) is 3.89. The topological polar surface area (TPSA) is 62.7 Å². The van der Waals surface area contributed by atoms with Gasteiger partial charge in [0.15, 0.2) is 6.61 Å². The fraction of sp³-hybridized carbons (Fsp3) is 0.500. The number of aryl methyl sites for hydroxylation is 1. The third-order valence-electron chi connectivity index (χ3n) is 5.47. The third kappa shape index (κ3) is 4.45. The lowest BCUT2D eigenvalue weighted by atomic mass is 10.1. The molecule has 2 aliphatic rings. The zero-order valence-electron chi connectivity index (χ0n) is 16.9. The van der Waals surface area contributed by atoms with Gasteiger partial charge in [0, 0.05) is 24.0 Å². The number of rotatable bonds is 5. The van der Waals surface area contributed by atoms with E-state index in [0.717, 1.165) is 55.0 Å². The molecule has 1 fully saturated rings. The second kappa shape index (κ2) is 8.95. The van der Waals surface area contributed by atoms with Crippen LogP contribution >= 0.6 is 11.3 Å². The zero-order chi connectivity index (χ0) is 20.2. The molecule has 2 aliphatic heterocycles. The fourth-order valence-electron chi connectivity index (χ4n) is 3.86. The van der Waals surface area contributed by atoms with E-state index >= 15 is 0 Å². The Hall–Kier alpha value is -2.41. The van der Waals surface area contributed by atoms with Crippen molar-refractivity contribution in [1.29, 1.82) is 0 Å². The largest absolute Gasteiger partial charge is 0.482 e. The van der Waals surface area contributed by atoms with E-state index in [2.05, 4.69) is 6.92 Å². The second-order valence-electron chi connectivity index (χ2n) is 7.62. The van der Waals surface area contributed by atoms with E-state index in [1.54, 1.807) is 16.2 Å². The van der Waals surface area contributed by atoms with Gasteiger partial charge in [-0.25, -0.2) is 4.98 Å². The normalized spacial score (nSPS) is 16.9. The van der Waals surface area contributed by atoms with Crippen molar-refractivity contribution in [3.63, 3.8) is 0 Å². The molecule has 0 spiro atoms. The van der Waals surface area contributed by atoms with E-state index in [9.17, 15) is 9.59 Å². The van der Waals surface area contributed by atoms with Crippen molar-refractivity contribution in [2.75, 3.05) is 31.1 Å². The molecule has 6 nitrogen and oxygen atoms in total. The van der Waals surface area contributed by atoms with Crippen molar-refractivity contribution in [2.45, 2.75) is 45.4 Å². The first kappa shape index (κ1) is 19.9. The average molecular weight is 414 g/mol. The maximum atomic E-state index is 12.9. The van der Waals surface area contributed by atoms with Gasteiger partial charge < -0.3 is 9.64 Å². The lowest BCUT2D eigenvalue weighted by Crippen LogP contribution is -2.46. The van der Waals surface area contributed by atoms with Crippen molar-refractivity contribution in [2.24, 2.45) is 0 Å². The Bertz CT molecular complexity index is 887. The summed E-state index contributed by atoms with van der Waals surface area (Å²) in [7, 11) is 0. The first-order chi connectivity index (χ1) is 14.2. The molecule has 0 saturated carbocycles. The molecule has 29 heavy (non-hydrogen) atoms. The summed E-state index contributed by atoms with van der Waals surface area (Å²) in [5, 5.41) is 3.16. The van der Waals surface area contributed by atoms with Gasteiger partial charge in [-0.3, -0.25) is 14.5 Å². The molecule has 3 heterocycles. The molecule has 7 heteroatoms. The van der Waals surface area contributed by atoms with Crippen LogP contribution < -0.4 is 9.64 Å². The van der Waals surface area contributed by atoms with Crippen molar-refractivity contribution >= 4 is 28.8 Å². The minimum atomic E-state index is -0.178. The standard InChI is InChI=1S/C22H27N3O3S/c1-2-7-20-23-17(15-29-20)16-8-9-19-18(12-16)25(22(27)14-28-19)13-21(26)24-10-5-3-4-6-11-24/h8-9,12,15H,2-7,10-11,13-14H2,1H3. The van der Waals surface area contributed by atoms with Gasteiger partial charge in [0.05, 0.1) is 16.4 Å². The quantitative estimate of drug-likeness (QED) is 0.746. The van der Waals surface area contributed by atoms with Crippen molar-refractivity contribution < 1.29 is 14.3 Å². The maximum absolute atomic E-state index is 12.9. The minimum absolute atomic E-state index is 0.0115. The van der Waals surface area contributed by atoms with E-state index in [1.165, 1.54) is 12.8 Å². The van der Waals surface area contributed by atoms with Crippen LogP contribution in [0.25, 0.3) is 11.3 Å². The highest BCUT2D eigenvalue weighted by Gasteiger charge is 2.29. The Morgan fingerprint density at radius 3 is 2.76 bits per heavy atom. The number of aromatic nitrogens is 1. The van der Waals surface area contributed by atoms with Crippen molar-refractivity contribution in [3.05, 3.63) is 28.6 Å². The molecule has 154 valence electrons. The summed E-state index contributed by atoms with van der Waals surface area (Å²) in [6, 6.07) is 5.76. The molecular formula is C22H27N3O3S. The number of ether oxygens (including phenoxy) is 1. The molecule has 1 aromatic heterocycles. The van der Waals surface area contributed by atoms with Crippen LogP contribution in [0.5, 0.6) is 5.75 Å². The number of hydrogen-bond acceptors (Lipinski definition) is 5. The first-order valence-corrected chi connectivity index (χ1v) is 11.3. The lowest BCUT2D eigenvalue weighted by molar-refractivity contribution is -0.132. The summed E-state index contributed by atoms with van der Waals surface area (Å²) in [6.45, 7) is 3.74. The smallest absolute Gasteiger partial charge is 0.265 e. The van der Waals surface area contributed by atoms with Crippen LogP contribution in [0.4, 0.5) is 5.69 Å². The van der Waals surface area contributed by atoms with Gasteiger partial charge in [-0.1, -0.05) is 19.8 Å². The highest BCUT2D eigenvalue weighted by molar-refractivity contribution is 7.09. The SMILES string of the molecule is CCCc1nc(-c2ccc3c(c2)N(CC(=O)N2CCCCCC2)C(=O)CO3)cs1. The number of amides is 2. The molecule has 1 saturated heterocycles. The molecule has 2 aromatic rings. The van der Waals surface area contributed by atoms with E-state index < -0.39 is 0 Å². The number of carbonyl (C=O) groups excluding carboxylic acids is 2. The Morgan fingerprint density at radius 2 is 2.00 bits per heavy atom. The molecule has 0 aliphatic carbocycles. The van der Waals surface area contributed by atoms with Gasteiger partial charge in [0.2, 0.25) is 5.91 Å². The number of benzene rings is 1. The third-order valence-corrected chi connectivity index (χ3v) is 6.37. The molecule has 0 atom stereocenters. The Kier molecular flexibility index (Phi) is 6.13. The average Bonchev–Trinajstić information content (AvgIpc) is 3.02. The minimum Gasteiger partial charge on any atom is -0.482 e. The van der Waals surface area contributed by atoms with Crippen LogP contribution in [0.3, 0.4) is 0 Å². The van der Waals surface area contributed by atoms with E-state index in [1.807, 2.05) is 28.5 Å². The molecule has 0 bridgehead atoms. The van der Waals surface area contributed by atoms with Gasteiger partial charge in [0.25, 0.3) is 5.91 Å². The molecular weight excluding hydrogens is 386 g/mol. The molecule has 1 aromatic carbocycles. The summed E-state index contributed by atoms with van der Waals surface area (Å²) >= 11 is 1.66. The van der Waals surface area contributed by atoms with Crippen LogP contribution in [0, 0.1) is 0 Å². The van der Waals surface area contributed by atoms with Gasteiger partial charge in [0.1, 0.15) is 12.3 Å². The summed E-state index contributed by atoms with van der Waals surface area (Å²) in [5.41, 5.74) is 2.50. The van der Waals surface area contributed by atoms with Crippen LogP contribution in [0.15, 0.2) is 23.6 Å². The van der Waals surface area contributed by atoms with Crippen molar-refractivity contribution in [1.82, 2.24) is 9.88 Å². The van der Waals surface area contributed by atoms with Crippen LogP contribution in [-0.4, -0.2) is 47.9 Å². The van der Waals surface area contributed by atoms with Gasteiger partial charge >= 0.3 is 0 Å². The monoisotopic (exact) mass is 413 g/mol. The van der Waals surface area contributed by atoms with Crippen LogP contribution in [0.1, 0.15) is 44.0 Å².